The predicted molar refractivity (Wildman–Crippen MR) is 70.7 cm³/mol. The van der Waals surface area contributed by atoms with Crippen LogP contribution in [-0.4, -0.2) is 24.2 Å². The van der Waals surface area contributed by atoms with Crippen LogP contribution >= 0.6 is 0 Å². The van der Waals surface area contributed by atoms with Gasteiger partial charge >= 0.3 is 12.1 Å². The fourth-order valence-electron chi connectivity index (χ4n) is 1.88. The van der Waals surface area contributed by atoms with Gasteiger partial charge in [-0.15, -0.1) is 0 Å². The van der Waals surface area contributed by atoms with Gasteiger partial charge in [-0.3, -0.25) is 4.79 Å². The second-order valence-electron chi connectivity index (χ2n) is 5.03. The molecule has 1 aromatic carbocycles. The molecular formula is C14H18F3NO2. The summed E-state index contributed by atoms with van der Waals surface area (Å²) in [5, 5.41) is 8.72. The minimum absolute atomic E-state index is 0.108. The van der Waals surface area contributed by atoms with Gasteiger partial charge in [-0.2, -0.15) is 13.2 Å². The number of hydrogen-bond donors (Lipinski definition) is 1. The molecule has 0 spiro atoms. The molecule has 0 unspecified atom stereocenters. The van der Waals surface area contributed by atoms with Gasteiger partial charge in [0.25, 0.3) is 0 Å². The molecule has 0 amide bonds. The van der Waals surface area contributed by atoms with Crippen LogP contribution < -0.4 is 4.90 Å². The van der Waals surface area contributed by atoms with Gasteiger partial charge in [0.1, 0.15) is 0 Å². The Hall–Kier alpha value is -1.72. The average molecular weight is 289 g/mol. The lowest BCUT2D eigenvalue weighted by molar-refractivity contribution is -0.138. The normalized spacial score (nSPS) is 11.7. The zero-order valence-electron chi connectivity index (χ0n) is 11.4. The van der Waals surface area contributed by atoms with Crippen molar-refractivity contribution in [3.05, 3.63) is 29.8 Å². The van der Waals surface area contributed by atoms with Crippen LogP contribution in [0.4, 0.5) is 18.9 Å². The van der Waals surface area contributed by atoms with Crippen molar-refractivity contribution < 1.29 is 23.1 Å². The molecule has 0 aliphatic carbocycles. The van der Waals surface area contributed by atoms with E-state index in [1.54, 1.807) is 11.0 Å². The SMILES string of the molecule is CC(C)CN(CCC(=O)O)c1cccc(C(F)(F)F)c1. The van der Waals surface area contributed by atoms with Crippen molar-refractivity contribution in [2.24, 2.45) is 5.92 Å². The summed E-state index contributed by atoms with van der Waals surface area (Å²) in [4.78, 5) is 12.3. The molecule has 0 saturated heterocycles. The molecule has 0 aromatic heterocycles. The first-order valence-electron chi connectivity index (χ1n) is 6.34. The number of alkyl halides is 3. The molecule has 0 saturated carbocycles. The Bertz CT molecular complexity index is 458. The van der Waals surface area contributed by atoms with Crippen LogP contribution in [0.2, 0.25) is 0 Å². The van der Waals surface area contributed by atoms with Gasteiger partial charge in [-0.1, -0.05) is 19.9 Å². The minimum Gasteiger partial charge on any atom is -0.481 e. The summed E-state index contributed by atoms with van der Waals surface area (Å²) in [5.74, 6) is -0.746. The van der Waals surface area contributed by atoms with E-state index in [1.807, 2.05) is 13.8 Å². The second-order valence-corrected chi connectivity index (χ2v) is 5.03. The molecule has 0 aliphatic heterocycles. The van der Waals surface area contributed by atoms with Crippen LogP contribution in [0, 0.1) is 5.92 Å². The smallest absolute Gasteiger partial charge is 0.416 e. The van der Waals surface area contributed by atoms with Crippen LogP contribution in [0.15, 0.2) is 24.3 Å². The fourth-order valence-corrected chi connectivity index (χ4v) is 1.88. The standard InChI is InChI=1S/C14H18F3NO2/c1-10(2)9-18(7-6-13(19)20)12-5-3-4-11(8-12)14(15,16)17/h3-5,8,10H,6-7,9H2,1-2H3,(H,19,20). The highest BCUT2D eigenvalue weighted by atomic mass is 19.4. The average Bonchev–Trinajstić information content (AvgIpc) is 2.33. The number of carbonyl (C=O) groups is 1. The second kappa shape index (κ2) is 6.63. The van der Waals surface area contributed by atoms with E-state index in [2.05, 4.69) is 0 Å². The molecule has 6 heteroatoms. The highest BCUT2D eigenvalue weighted by molar-refractivity contribution is 5.67. The number of rotatable bonds is 6. The molecule has 1 aromatic rings. The van der Waals surface area contributed by atoms with E-state index >= 15 is 0 Å². The maximum atomic E-state index is 12.7. The Kier molecular flexibility index (Phi) is 5.42. The molecule has 20 heavy (non-hydrogen) atoms. The molecule has 3 nitrogen and oxygen atoms in total. The summed E-state index contributed by atoms with van der Waals surface area (Å²) in [6.07, 6.45) is -4.50. The molecular weight excluding hydrogens is 271 g/mol. The summed E-state index contributed by atoms with van der Waals surface area (Å²) in [5.41, 5.74) is -0.325. The Balaban J connectivity index is 2.97. The third-order valence-corrected chi connectivity index (χ3v) is 2.72. The number of halogens is 3. The Morgan fingerprint density at radius 3 is 2.50 bits per heavy atom. The molecule has 0 heterocycles. The Labute approximate surface area is 116 Å². The summed E-state index contributed by atoms with van der Waals surface area (Å²) >= 11 is 0. The lowest BCUT2D eigenvalue weighted by Gasteiger charge is -2.26. The van der Waals surface area contributed by atoms with Crippen LogP contribution in [0.1, 0.15) is 25.8 Å². The van der Waals surface area contributed by atoms with Crippen molar-refractivity contribution in [3.8, 4) is 0 Å². The van der Waals surface area contributed by atoms with Crippen molar-refractivity contribution in [1.29, 1.82) is 0 Å². The fraction of sp³-hybridized carbons (Fsp3) is 0.500. The lowest BCUT2D eigenvalue weighted by atomic mass is 10.1. The van der Waals surface area contributed by atoms with Crippen molar-refractivity contribution in [1.82, 2.24) is 0 Å². The van der Waals surface area contributed by atoms with E-state index < -0.39 is 17.7 Å². The van der Waals surface area contributed by atoms with E-state index in [4.69, 9.17) is 5.11 Å². The largest absolute Gasteiger partial charge is 0.481 e. The number of nitrogens with zero attached hydrogens (tertiary/aromatic N) is 1. The van der Waals surface area contributed by atoms with Crippen LogP contribution in [-0.2, 0) is 11.0 Å². The highest BCUT2D eigenvalue weighted by Gasteiger charge is 2.30. The first kappa shape index (κ1) is 16.3. The molecule has 0 bridgehead atoms. The first-order chi connectivity index (χ1) is 9.20. The van der Waals surface area contributed by atoms with Crippen molar-refractivity contribution >= 4 is 11.7 Å². The zero-order valence-corrected chi connectivity index (χ0v) is 11.4. The Morgan fingerprint density at radius 1 is 1.35 bits per heavy atom. The molecule has 0 fully saturated rings. The van der Waals surface area contributed by atoms with Gasteiger partial charge in [0.05, 0.1) is 12.0 Å². The van der Waals surface area contributed by atoms with Crippen LogP contribution in [0.3, 0.4) is 0 Å². The summed E-state index contributed by atoms with van der Waals surface area (Å²) in [6.45, 7) is 4.56. The van der Waals surface area contributed by atoms with Gasteiger partial charge in [-0.25, -0.2) is 0 Å². The third kappa shape index (κ3) is 5.11. The van der Waals surface area contributed by atoms with Crippen molar-refractivity contribution in [2.75, 3.05) is 18.0 Å². The van der Waals surface area contributed by atoms with Gasteiger partial charge < -0.3 is 10.0 Å². The molecule has 0 radical (unpaired) electrons. The monoisotopic (exact) mass is 289 g/mol. The van der Waals surface area contributed by atoms with Gasteiger partial charge in [0, 0.05) is 18.8 Å². The lowest BCUT2D eigenvalue weighted by Crippen LogP contribution is -2.30. The molecule has 1 N–H and O–H groups in total. The van der Waals surface area contributed by atoms with Crippen molar-refractivity contribution in [2.45, 2.75) is 26.4 Å². The maximum absolute atomic E-state index is 12.7. The summed E-state index contributed by atoms with van der Waals surface area (Å²) < 4.78 is 38.1. The zero-order chi connectivity index (χ0) is 15.3. The number of hydrogen-bond acceptors (Lipinski definition) is 2. The number of anilines is 1. The maximum Gasteiger partial charge on any atom is 0.416 e. The highest BCUT2D eigenvalue weighted by Crippen LogP contribution is 2.31. The van der Waals surface area contributed by atoms with E-state index in [-0.39, 0.29) is 18.9 Å². The quantitative estimate of drug-likeness (QED) is 0.869. The van der Waals surface area contributed by atoms with Crippen LogP contribution in [0.5, 0.6) is 0 Å². The first-order valence-corrected chi connectivity index (χ1v) is 6.34. The molecule has 112 valence electrons. The van der Waals surface area contributed by atoms with Gasteiger partial charge in [-0.05, 0) is 24.1 Å². The van der Waals surface area contributed by atoms with E-state index in [0.29, 0.717) is 12.2 Å². The Morgan fingerprint density at radius 2 is 2.00 bits per heavy atom. The van der Waals surface area contributed by atoms with E-state index in [1.165, 1.54) is 6.07 Å². The van der Waals surface area contributed by atoms with Crippen molar-refractivity contribution in [3.63, 3.8) is 0 Å². The predicted octanol–water partition coefficient (Wildman–Crippen LogP) is 3.64. The number of aliphatic carboxylic acids is 1. The summed E-state index contributed by atoms with van der Waals surface area (Å²) in [6, 6.07) is 4.98. The molecule has 0 atom stereocenters. The summed E-state index contributed by atoms with van der Waals surface area (Å²) in [7, 11) is 0. The number of benzene rings is 1. The van der Waals surface area contributed by atoms with Gasteiger partial charge in [0.2, 0.25) is 0 Å². The third-order valence-electron chi connectivity index (χ3n) is 2.72. The van der Waals surface area contributed by atoms with Crippen LogP contribution in [0.25, 0.3) is 0 Å². The van der Waals surface area contributed by atoms with E-state index in [0.717, 1.165) is 12.1 Å². The van der Waals surface area contributed by atoms with Gasteiger partial charge in [0.15, 0.2) is 0 Å². The number of carboxylic acids is 1. The number of carboxylic acid groups (broad SMARTS) is 1. The van der Waals surface area contributed by atoms with E-state index in [9.17, 15) is 18.0 Å². The topological polar surface area (TPSA) is 40.5 Å². The minimum atomic E-state index is -4.40. The molecule has 1 rings (SSSR count). The molecule has 0 aliphatic rings.